The fraction of sp³-hybridized carbons (Fsp3) is 0.174. The predicted molar refractivity (Wildman–Crippen MR) is 116 cm³/mol. The summed E-state index contributed by atoms with van der Waals surface area (Å²) in [7, 11) is 0. The molecule has 0 saturated carbocycles. The molecule has 1 N–H and O–H groups in total. The number of carbonyl (C=O) groups is 1. The lowest BCUT2D eigenvalue weighted by Crippen LogP contribution is -2.07. The molecule has 2 aromatic carbocycles. The van der Waals surface area contributed by atoms with Gasteiger partial charge in [0.05, 0.1) is 5.75 Å². The minimum atomic E-state index is -0.255. The van der Waals surface area contributed by atoms with Crippen molar-refractivity contribution >= 4 is 17.5 Å². The monoisotopic (exact) mass is 420 g/mol. The number of nitrogens with one attached hydrogen (secondary N) is 1. The zero-order chi connectivity index (χ0) is 21.1. The number of Topliss-reactive ketones (excluding diaryl/α,β-unsaturated/α-hetero) is 1. The van der Waals surface area contributed by atoms with E-state index in [2.05, 4.69) is 19.7 Å². The molecular formula is C23H21FN4OS. The van der Waals surface area contributed by atoms with Crippen LogP contribution in [0.1, 0.15) is 27.3 Å². The molecule has 5 nitrogen and oxygen atoms in total. The highest BCUT2D eigenvalue weighted by molar-refractivity contribution is 7.99. The van der Waals surface area contributed by atoms with Crippen LogP contribution < -0.4 is 0 Å². The van der Waals surface area contributed by atoms with E-state index in [9.17, 15) is 9.18 Å². The molecule has 0 unspecified atom stereocenters. The Kier molecular flexibility index (Phi) is 5.81. The highest BCUT2D eigenvalue weighted by atomic mass is 32.2. The van der Waals surface area contributed by atoms with Crippen LogP contribution in [0.4, 0.5) is 4.39 Å². The highest BCUT2D eigenvalue weighted by Crippen LogP contribution is 2.23. The largest absolute Gasteiger partial charge is 0.344 e. The molecule has 2 aromatic heterocycles. The van der Waals surface area contributed by atoms with Gasteiger partial charge in [0.25, 0.3) is 0 Å². The number of aromatic amines is 1. The van der Waals surface area contributed by atoms with E-state index >= 15 is 0 Å². The maximum atomic E-state index is 13.2. The first-order valence-electron chi connectivity index (χ1n) is 9.56. The number of H-pyrrole nitrogens is 1. The smallest absolute Gasteiger partial charge is 0.209 e. The molecule has 30 heavy (non-hydrogen) atoms. The summed E-state index contributed by atoms with van der Waals surface area (Å²) in [5, 5.41) is 7.67. The summed E-state index contributed by atoms with van der Waals surface area (Å²) in [5.41, 5.74) is 4.53. The van der Waals surface area contributed by atoms with E-state index in [1.165, 1.54) is 23.9 Å². The Morgan fingerprint density at radius 3 is 2.57 bits per heavy atom. The Morgan fingerprint density at radius 2 is 1.83 bits per heavy atom. The first kappa shape index (κ1) is 20.1. The maximum Gasteiger partial charge on any atom is 0.209 e. The van der Waals surface area contributed by atoms with E-state index < -0.39 is 0 Å². The van der Waals surface area contributed by atoms with Gasteiger partial charge in [0.2, 0.25) is 5.16 Å². The van der Waals surface area contributed by atoms with Crippen LogP contribution in [0.2, 0.25) is 0 Å². The number of rotatable bonds is 7. The van der Waals surface area contributed by atoms with Crippen molar-refractivity contribution in [2.75, 3.05) is 5.75 Å². The summed E-state index contributed by atoms with van der Waals surface area (Å²) < 4.78 is 15.2. The van der Waals surface area contributed by atoms with Gasteiger partial charge in [-0.2, -0.15) is 0 Å². The number of hydrogen-bond acceptors (Lipinski definition) is 4. The number of halogens is 1. The molecule has 0 bridgehead atoms. The van der Waals surface area contributed by atoms with Gasteiger partial charge < -0.3 is 4.57 Å². The number of benzene rings is 2. The number of nitrogens with zero attached hydrogens (tertiary/aromatic N) is 3. The van der Waals surface area contributed by atoms with Crippen molar-refractivity contribution in [3.8, 4) is 11.4 Å². The molecule has 4 rings (SSSR count). The van der Waals surface area contributed by atoms with Gasteiger partial charge in [-0.15, -0.1) is 5.10 Å². The van der Waals surface area contributed by atoms with Crippen molar-refractivity contribution in [2.45, 2.75) is 25.5 Å². The first-order valence-corrected chi connectivity index (χ1v) is 10.5. The number of thioether (sulfide) groups is 1. The molecule has 2 heterocycles. The maximum absolute atomic E-state index is 13.2. The van der Waals surface area contributed by atoms with Crippen LogP contribution in [-0.4, -0.2) is 31.3 Å². The van der Waals surface area contributed by atoms with Gasteiger partial charge in [0, 0.05) is 29.1 Å². The van der Waals surface area contributed by atoms with Crippen molar-refractivity contribution in [3.63, 3.8) is 0 Å². The van der Waals surface area contributed by atoms with Gasteiger partial charge in [-0.1, -0.05) is 54.2 Å². The van der Waals surface area contributed by atoms with E-state index in [-0.39, 0.29) is 17.4 Å². The van der Waals surface area contributed by atoms with Crippen molar-refractivity contribution < 1.29 is 9.18 Å². The zero-order valence-corrected chi connectivity index (χ0v) is 17.5. The fourth-order valence-electron chi connectivity index (χ4n) is 3.34. The van der Waals surface area contributed by atoms with E-state index in [0.29, 0.717) is 23.1 Å². The normalized spacial score (nSPS) is 11.0. The van der Waals surface area contributed by atoms with Crippen LogP contribution in [0, 0.1) is 19.7 Å². The minimum absolute atomic E-state index is 0.0320. The third-order valence-electron chi connectivity index (χ3n) is 4.97. The molecule has 0 radical (unpaired) electrons. The van der Waals surface area contributed by atoms with Gasteiger partial charge in [-0.05, 0) is 37.6 Å². The number of carbonyl (C=O) groups excluding carboxylic acids is 1. The molecule has 0 amide bonds. The Bertz CT molecular complexity index is 1170. The molecule has 0 fully saturated rings. The van der Waals surface area contributed by atoms with Crippen LogP contribution in [0.5, 0.6) is 0 Å². The van der Waals surface area contributed by atoms with Gasteiger partial charge in [-0.3, -0.25) is 9.89 Å². The molecule has 0 aliphatic carbocycles. The number of aryl methyl sites for hydroxylation is 1. The van der Waals surface area contributed by atoms with E-state index in [4.69, 9.17) is 0 Å². The minimum Gasteiger partial charge on any atom is -0.344 e. The Balaban J connectivity index is 1.44. The van der Waals surface area contributed by atoms with Gasteiger partial charge in [0.15, 0.2) is 11.6 Å². The molecule has 152 valence electrons. The third kappa shape index (κ3) is 4.36. The van der Waals surface area contributed by atoms with Crippen molar-refractivity contribution in [2.24, 2.45) is 0 Å². The van der Waals surface area contributed by atoms with E-state index in [0.717, 1.165) is 22.5 Å². The van der Waals surface area contributed by atoms with Gasteiger partial charge in [0.1, 0.15) is 5.82 Å². The van der Waals surface area contributed by atoms with Crippen LogP contribution in [-0.2, 0) is 6.54 Å². The Labute approximate surface area is 178 Å². The quantitative estimate of drug-likeness (QED) is 0.336. The lowest BCUT2D eigenvalue weighted by atomic mass is 10.2. The van der Waals surface area contributed by atoms with Crippen molar-refractivity contribution in [3.05, 3.63) is 89.0 Å². The second kappa shape index (κ2) is 8.67. The summed E-state index contributed by atoms with van der Waals surface area (Å²) in [6, 6.07) is 18.1. The molecule has 4 aromatic rings. The second-order valence-corrected chi connectivity index (χ2v) is 7.98. The third-order valence-corrected chi connectivity index (χ3v) is 5.82. The van der Waals surface area contributed by atoms with E-state index in [1.54, 1.807) is 12.1 Å². The van der Waals surface area contributed by atoms with Crippen LogP contribution in [0.3, 0.4) is 0 Å². The summed E-state index contributed by atoms with van der Waals surface area (Å²) in [4.78, 5) is 17.3. The summed E-state index contributed by atoms with van der Waals surface area (Å²) in [6.45, 7) is 4.51. The molecular weight excluding hydrogens is 399 g/mol. The van der Waals surface area contributed by atoms with Crippen LogP contribution in [0.15, 0.2) is 65.8 Å². The van der Waals surface area contributed by atoms with Gasteiger partial charge in [-0.25, -0.2) is 9.37 Å². The number of hydrogen-bond donors (Lipinski definition) is 1. The summed E-state index contributed by atoms with van der Waals surface area (Å²) in [5.74, 6) is 0.718. The van der Waals surface area contributed by atoms with E-state index in [1.807, 2.05) is 50.2 Å². The Morgan fingerprint density at radius 1 is 1.10 bits per heavy atom. The average Bonchev–Trinajstić information content (AvgIpc) is 3.34. The molecule has 0 spiro atoms. The number of ketones is 1. The number of aromatic nitrogens is 4. The van der Waals surface area contributed by atoms with Crippen LogP contribution in [0.25, 0.3) is 11.4 Å². The lowest BCUT2D eigenvalue weighted by molar-refractivity contribution is 0.102. The fourth-order valence-corrected chi connectivity index (χ4v) is 4.02. The molecule has 0 saturated heterocycles. The van der Waals surface area contributed by atoms with Crippen LogP contribution >= 0.6 is 11.8 Å². The molecule has 0 aliphatic heterocycles. The van der Waals surface area contributed by atoms with Crippen molar-refractivity contribution in [1.82, 2.24) is 19.7 Å². The zero-order valence-electron chi connectivity index (χ0n) is 16.7. The van der Waals surface area contributed by atoms with Crippen molar-refractivity contribution in [1.29, 1.82) is 0 Å². The molecule has 0 aliphatic rings. The van der Waals surface area contributed by atoms with Gasteiger partial charge >= 0.3 is 0 Å². The average molecular weight is 421 g/mol. The SMILES string of the molecule is Cc1cc(C(=O)CSc2n[nH]c(-c3ccccc3)n2)c(C)n1Cc1ccc(F)cc1. The second-order valence-electron chi connectivity index (χ2n) is 7.04. The summed E-state index contributed by atoms with van der Waals surface area (Å²) >= 11 is 1.31. The predicted octanol–water partition coefficient (Wildman–Crippen LogP) is 5.05. The molecule has 7 heteroatoms. The summed E-state index contributed by atoms with van der Waals surface area (Å²) in [6.07, 6.45) is 0. The standard InChI is InChI=1S/C23H21FN4OS/c1-15-12-20(16(2)28(15)13-17-8-10-19(24)11-9-17)21(29)14-30-23-25-22(26-27-23)18-6-4-3-5-7-18/h3-12H,13-14H2,1-2H3,(H,25,26,27). The highest BCUT2D eigenvalue weighted by Gasteiger charge is 2.17. The first-order chi connectivity index (χ1) is 14.5. The Hall–Kier alpha value is -3.19. The topological polar surface area (TPSA) is 63.6 Å². The lowest BCUT2D eigenvalue weighted by Gasteiger charge is -2.10. The molecule has 0 atom stereocenters.